The number of nitrogens with zero attached hydrogens (tertiary/aromatic N) is 4. The fraction of sp³-hybridized carbons (Fsp3) is 0.364. The third-order valence-corrected chi connectivity index (χ3v) is 5.63. The maximum Gasteiger partial charge on any atom is 0.414 e. The van der Waals surface area contributed by atoms with Crippen molar-refractivity contribution in [2.75, 3.05) is 11.4 Å². The van der Waals surface area contributed by atoms with Crippen LogP contribution in [0, 0.1) is 11.3 Å². The van der Waals surface area contributed by atoms with Crippen molar-refractivity contribution < 1.29 is 9.53 Å². The van der Waals surface area contributed by atoms with Crippen molar-refractivity contribution in [1.82, 2.24) is 15.0 Å². The van der Waals surface area contributed by atoms with E-state index in [1.54, 1.807) is 11.0 Å². The molecule has 1 aromatic carbocycles. The Morgan fingerprint density at radius 1 is 1.38 bits per heavy atom. The van der Waals surface area contributed by atoms with Gasteiger partial charge in [-0.05, 0) is 48.9 Å². The van der Waals surface area contributed by atoms with Crippen LogP contribution in [0.2, 0.25) is 0 Å². The molecule has 0 bridgehead atoms. The van der Waals surface area contributed by atoms with Gasteiger partial charge in [-0.25, -0.2) is 14.8 Å². The molecule has 146 valence electrons. The lowest BCUT2D eigenvalue weighted by Crippen LogP contribution is -2.36. The minimum atomic E-state index is -0.231. The van der Waals surface area contributed by atoms with Crippen molar-refractivity contribution in [3.05, 3.63) is 53.0 Å². The number of imidazole rings is 1. The van der Waals surface area contributed by atoms with Crippen LogP contribution in [-0.2, 0) is 11.2 Å². The number of carbonyl (C=O) groups is 1. The van der Waals surface area contributed by atoms with E-state index in [9.17, 15) is 4.79 Å². The van der Waals surface area contributed by atoms with Crippen molar-refractivity contribution in [2.45, 2.75) is 44.6 Å². The number of aryl methyl sites for hydroxylation is 1. The summed E-state index contributed by atoms with van der Waals surface area (Å²) in [6.45, 7) is 2.79. The SMILES string of the molecule is C[C@@H](c1ccc2c(c1)CCCN2C(=O)OC1CC1)c1nc2ncc(C#N)cc2[nH]1. The number of nitriles is 1. The normalized spacial score (nSPS) is 16.9. The predicted molar refractivity (Wildman–Crippen MR) is 108 cm³/mol. The number of amides is 1. The fourth-order valence-corrected chi connectivity index (χ4v) is 3.81. The second-order valence-electron chi connectivity index (χ2n) is 7.78. The summed E-state index contributed by atoms with van der Waals surface area (Å²) in [5.41, 5.74) is 5.11. The molecule has 5 rings (SSSR count). The highest BCUT2D eigenvalue weighted by Gasteiger charge is 2.31. The first-order chi connectivity index (χ1) is 14.1. The van der Waals surface area contributed by atoms with E-state index in [2.05, 4.69) is 34.0 Å². The van der Waals surface area contributed by atoms with E-state index >= 15 is 0 Å². The number of carbonyl (C=O) groups excluding carboxylic acids is 1. The number of rotatable bonds is 3. The molecule has 1 fully saturated rings. The molecule has 1 amide bonds. The van der Waals surface area contributed by atoms with E-state index in [-0.39, 0.29) is 18.1 Å². The van der Waals surface area contributed by atoms with E-state index in [0.717, 1.165) is 53.8 Å². The molecular formula is C22H21N5O2. The summed E-state index contributed by atoms with van der Waals surface area (Å²) in [4.78, 5) is 26.4. The molecule has 7 nitrogen and oxygen atoms in total. The van der Waals surface area contributed by atoms with Gasteiger partial charge in [0.1, 0.15) is 18.0 Å². The van der Waals surface area contributed by atoms with Gasteiger partial charge in [0.25, 0.3) is 0 Å². The highest BCUT2D eigenvalue weighted by Crippen LogP contribution is 2.34. The minimum Gasteiger partial charge on any atom is -0.446 e. The van der Waals surface area contributed by atoms with E-state index in [1.165, 1.54) is 6.20 Å². The van der Waals surface area contributed by atoms with Gasteiger partial charge in [-0.15, -0.1) is 0 Å². The molecule has 1 aliphatic carbocycles. The second kappa shape index (κ2) is 6.89. The number of benzene rings is 1. The molecule has 7 heteroatoms. The van der Waals surface area contributed by atoms with Gasteiger partial charge in [0.05, 0.1) is 16.8 Å². The minimum absolute atomic E-state index is 0.0360. The summed E-state index contributed by atoms with van der Waals surface area (Å²) in [6, 6.07) is 10.1. The number of nitrogens with one attached hydrogen (secondary N) is 1. The zero-order chi connectivity index (χ0) is 20.0. The van der Waals surface area contributed by atoms with Crippen LogP contribution in [0.15, 0.2) is 30.5 Å². The van der Waals surface area contributed by atoms with Crippen LogP contribution in [0.3, 0.4) is 0 Å². The molecule has 29 heavy (non-hydrogen) atoms. The van der Waals surface area contributed by atoms with Gasteiger partial charge in [0, 0.05) is 18.7 Å². The average Bonchev–Trinajstić information content (AvgIpc) is 3.46. The Balaban J connectivity index is 1.43. The number of anilines is 1. The molecule has 3 heterocycles. The van der Waals surface area contributed by atoms with E-state index < -0.39 is 0 Å². The average molecular weight is 387 g/mol. The first-order valence-corrected chi connectivity index (χ1v) is 9.99. The fourth-order valence-electron chi connectivity index (χ4n) is 3.81. The van der Waals surface area contributed by atoms with Gasteiger partial charge in [-0.1, -0.05) is 19.1 Å². The zero-order valence-corrected chi connectivity index (χ0v) is 16.2. The van der Waals surface area contributed by atoms with Crippen LogP contribution in [-0.4, -0.2) is 33.7 Å². The third-order valence-electron chi connectivity index (χ3n) is 5.63. The quantitative estimate of drug-likeness (QED) is 0.732. The van der Waals surface area contributed by atoms with Crippen molar-refractivity contribution in [3.63, 3.8) is 0 Å². The van der Waals surface area contributed by atoms with Gasteiger partial charge in [-0.2, -0.15) is 5.26 Å². The molecule has 1 atom stereocenters. The molecular weight excluding hydrogens is 366 g/mol. The number of hydrogen-bond acceptors (Lipinski definition) is 5. The predicted octanol–water partition coefficient (Wildman–Crippen LogP) is 4.03. The molecule has 1 aliphatic heterocycles. The van der Waals surface area contributed by atoms with Crippen molar-refractivity contribution in [1.29, 1.82) is 5.26 Å². The highest BCUT2D eigenvalue weighted by atomic mass is 16.6. The van der Waals surface area contributed by atoms with E-state index in [4.69, 9.17) is 10.00 Å². The molecule has 1 saturated carbocycles. The number of aromatic amines is 1. The van der Waals surface area contributed by atoms with E-state index in [1.807, 2.05) is 12.1 Å². The Morgan fingerprint density at radius 2 is 2.24 bits per heavy atom. The third kappa shape index (κ3) is 3.31. The maximum absolute atomic E-state index is 12.5. The van der Waals surface area contributed by atoms with Crippen LogP contribution in [0.5, 0.6) is 0 Å². The summed E-state index contributed by atoms with van der Waals surface area (Å²) < 4.78 is 5.50. The zero-order valence-electron chi connectivity index (χ0n) is 16.2. The van der Waals surface area contributed by atoms with Crippen LogP contribution in [0.1, 0.15) is 54.6 Å². The van der Waals surface area contributed by atoms with Gasteiger partial charge < -0.3 is 9.72 Å². The maximum atomic E-state index is 12.5. The molecule has 2 aliphatic rings. The number of aromatic nitrogens is 3. The molecule has 1 N–H and O–H groups in total. The summed E-state index contributed by atoms with van der Waals surface area (Å²) >= 11 is 0. The van der Waals surface area contributed by atoms with Gasteiger partial charge >= 0.3 is 6.09 Å². The first-order valence-electron chi connectivity index (χ1n) is 9.99. The van der Waals surface area contributed by atoms with Crippen LogP contribution in [0.4, 0.5) is 10.5 Å². The summed E-state index contributed by atoms with van der Waals surface area (Å²) in [6.07, 6.45) is 5.23. The lowest BCUT2D eigenvalue weighted by atomic mass is 9.93. The molecule has 3 aromatic rings. The van der Waals surface area contributed by atoms with Gasteiger partial charge in [-0.3, -0.25) is 4.90 Å². The Bertz CT molecular complexity index is 1140. The Hall–Kier alpha value is -3.40. The van der Waals surface area contributed by atoms with Crippen molar-refractivity contribution >= 4 is 22.9 Å². The van der Waals surface area contributed by atoms with Crippen molar-refractivity contribution in [2.24, 2.45) is 0 Å². The Kier molecular flexibility index (Phi) is 4.20. The first kappa shape index (κ1) is 17.7. The van der Waals surface area contributed by atoms with Gasteiger partial charge in [0.2, 0.25) is 0 Å². The molecule has 0 saturated heterocycles. The molecule has 0 unspecified atom stereocenters. The number of H-pyrrole nitrogens is 1. The molecule has 0 spiro atoms. The van der Waals surface area contributed by atoms with Crippen LogP contribution >= 0.6 is 0 Å². The van der Waals surface area contributed by atoms with E-state index in [0.29, 0.717) is 17.8 Å². The summed E-state index contributed by atoms with van der Waals surface area (Å²) in [5, 5.41) is 9.05. The lowest BCUT2D eigenvalue weighted by Gasteiger charge is -2.29. The standard InChI is InChI=1S/C22H21N5O2/c1-13(20-25-18-9-14(11-23)12-24-21(18)26-20)15-4-7-19-16(10-15)3-2-8-27(19)22(28)29-17-5-6-17/h4,7,9-10,12-13,17H,2-3,5-6,8H2,1H3,(H,24,25,26)/t13-/m0/s1. The van der Waals surface area contributed by atoms with Gasteiger partial charge in [0.15, 0.2) is 5.65 Å². The molecule has 2 aromatic heterocycles. The van der Waals surface area contributed by atoms with Crippen LogP contribution in [0.25, 0.3) is 11.2 Å². The number of fused-ring (bicyclic) bond motifs is 2. The topological polar surface area (TPSA) is 94.9 Å². The number of hydrogen-bond donors (Lipinski definition) is 1. The Morgan fingerprint density at radius 3 is 3.03 bits per heavy atom. The monoisotopic (exact) mass is 387 g/mol. The second-order valence-corrected chi connectivity index (χ2v) is 7.78. The summed E-state index contributed by atoms with van der Waals surface area (Å²) in [7, 11) is 0. The van der Waals surface area contributed by atoms with Crippen LogP contribution < -0.4 is 4.90 Å². The smallest absolute Gasteiger partial charge is 0.414 e. The van der Waals surface area contributed by atoms with Crippen molar-refractivity contribution in [3.8, 4) is 6.07 Å². The number of pyridine rings is 1. The largest absolute Gasteiger partial charge is 0.446 e. The molecule has 0 radical (unpaired) electrons. The summed E-state index contributed by atoms with van der Waals surface area (Å²) in [5.74, 6) is 0.845. The lowest BCUT2D eigenvalue weighted by molar-refractivity contribution is 0.146. The highest BCUT2D eigenvalue weighted by molar-refractivity contribution is 5.89. The number of ether oxygens (including phenoxy) is 1. The Labute approximate surface area is 168 Å².